The quantitative estimate of drug-likeness (QED) is 0.0347. The van der Waals surface area contributed by atoms with Crippen LogP contribution < -0.4 is 5.73 Å². The average Bonchev–Trinajstić information content (AvgIpc) is 3.43. The molecule has 0 rings (SSSR count). The van der Waals surface area contributed by atoms with Gasteiger partial charge in [-0.05, 0) is 12.8 Å². The molecule has 0 aromatic rings. The summed E-state index contributed by atoms with van der Waals surface area (Å²) in [4.78, 5) is 35.3. The van der Waals surface area contributed by atoms with E-state index in [2.05, 4.69) is 13.8 Å². The van der Waals surface area contributed by atoms with Crippen LogP contribution in [0.3, 0.4) is 0 Å². The van der Waals surface area contributed by atoms with Gasteiger partial charge in [0, 0.05) is 19.4 Å². The lowest BCUT2D eigenvalue weighted by Crippen LogP contribution is -2.29. The molecule has 0 aliphatic heterocycles. The number of carbonyl (C=O) groups excluding carboxylic acids is 2. The minimum Gasteiger partial charge on any atom is -0.462 e. The molecule has 2 atom stereocenters. The molecule has 9 nitrogen and oxygen atoms in total. The van der Waals surface area contributed by atoms with Gasteiger partial charge in [-0.25, -0.2) is 4.57 Å². The van der Waals surface area contributed by atoms with E-state index in [0.29, 0.717) is 12.8 Å². The first-order valence-corrected chi connectivity index (χ1v) is 36.5. The molecule has 0 amide bonds. The van der Waals surface area contributed by atoms with E-state index in [1.54, 1.807) is 0 Å². The molecule has 0 saturated carbocycles. The van der Waals surface area contributed by atoms with E-state index in [-0.39, 0.29) is 32.1 Å². The summed E-state index contributed by atoms with van der Waals surface area (Å²) in [7, 11) is -4.39. The van der Waals surface area contributed by atoms with Crippen LogP contribution in [0, 0.1) is 0 Å². The van der Waals surface area contributed by atoms with E-state index in [4.69, 9.17) is 24.3 Å². The Kier molecular flexibility index (Phi) is 64.3. The summed E-state index contributed by atoms with van der Waals surface area (Å²) < 4.78 is 33.2. The molecule has 3 N–H and O–H groups in total. The SMILES string of the molecule is CCCCCCCCCCCCCCCCCCCCCCCCCCCCCCCCCCC(=O)OC(COC(=O)CCCCCCCCCCCCCCCCCCCCCCCCCCC)COP(=O)(O)OCCN. The molecule has 0 aromatic carbocycles. The first-order valence-electron chi connectivity index (χ1n) is 35.0. The van der Waals surface area contributed by atoms with Crippen LogP contribution in [0.2, 0.25) is 0 Å². The lowest BCUT2D eigenvalue weighted by molar-refractivity contribution is -0.161. The summed E-state index contributed by atoms with van der Waals surface area (Å²) >= 11 is 0. The largest absolute Gasteiger partial charge is 0.472 e. The number of phosphoric ester groups is 1. The average molecular weight is 1130 g/mol. The molecule has 10 heteroatoms. The number of rotatable bonds is 68. The molecule has 0 saturated heterocycles. The minimum absolute atomic E-state index is 0.0588. The first kappa shape index (κ1) is 77.0. The number of esters is 2. The second kappa shape index (κ2) is 65.2. The smallest absolute Gasteiger partial charge is 0.462 e. The molecule has 0 aliphatic rings. The zero-order valence-electron chi connectivity index (χ0n) is 52.5. The molecule has 2 unspecified atom stereocenters. The highest BCUT2D eigenvalue weighted by Gasteiger charge is 2.26. The summed E-state index contributed by atoms with van der Waals surface area (Å²) in [6.07, 6.45) is 76.4. The topological polar surface area (TPSA) is 134 Å². The Hall–Kier alpha value is -0.990. The maximum Gasteiger partial charge on any atom is 0.472 e. The van der Waals surface area contributed by atoms with Crippen LogP contribution in [0.15, 0.2) is 0 Å². The second-order valence-corrected chi connectivity index (χ2v) is 25.6. The summed E-state index contributed by atoms with van der Waals surface area (Å²) in [6, 6.07) is 0. The van der Waals surface area contributed by atoms with Gasteiger partial charge in [-0.1, -0.05) is 367 Å². The number of nitrogens with two attached hydrogens (primary N) is 1. The van der Waals surface area contributed by atoms with Gasteiger partial charge in [-0.2, -0.15) is 0 Å². The van der Waals surface area contributed by atoms with Crippen molar-refractivity contribution in [3.05, 3.63) is 0 Å². The molecule has 0 spiro atoms. The van der Waals surface area contributed by atoms with Crippen molar-refractivity contribution in [1.82, 2.24) is 0 Å². The lowest BCUT2D eigenvalue weighted by atomic mass is 10.0. The van der Waals surface area contributed by atoms with Crippen molar-refractivity contribution in [3.63, 3.8) is 0 Å². The van der Waals surface area contributed by atoms with Crippen LogP contribution in [0.1, 0.15) is 393 Å². The van der Waals surface area contributed by atoms with E-state index >= 15 is 0 Å². The Balaban J connectivity index is 3.79. The number of ether oxygens (including phenoxy) is 2. The van der Waals surface area contributed by atoms with E-state index in [1.165, 1.54) is 327 Å². The Morgan fingerprint density at radius 1 is 0.333 bits per heavy atom. The number of unbranched alkanes of at least 4 members (excludes halogenated alkanes) is 55. The predicted molar refractivity (Wildman–Crippen MR) is 335 cm³/mol. The number of carbonyl (C=O) groups is 2. The molecular formula is C68H136NO8P. The van der Waals surface area contributed by atoms with E-state index in [0.717, 1.165) is 32.1 Å². The summed E-state index contributed by atoms with van der Waals surface area (Å²) in [5.41, 5.74) is 5.40. The fourth-order valence-corrected chi connectivity index (χ4v) is 11.8. The third-order valence-corrected chi connectivity index (χ3v) is 17.2. The highest BCUT2D eigenvalue weighted by atomic mass is 31.2. The summed E-state index contributed by atoms with van der Waals surface area (Å²) in [5.74, 6) is -0.797. The van der Waals surface area contributed by atoms with Gasteiger partial charge in [-0.15, -0.1) is 0 Å². The van der Waals surface area contributed by atoms with Crippen molar-refractivity contribution < 1.29 is 37.6 Å². The number of hydrogen-bond donors (Lipinski definition) is 2. The predicted octanol–water partition coefficient (Wildman–Crippen LogP) is 22.6. The van der Waals surface area contributed by atoms with Crippen molar-refractivity contribution in [2.75, 3.05) is 26.4 Å². The molecule has 0 aliphatic carbocycles. The molecule has 0 fully saturated rings. The van der Waals surface area contributed by atoms with Gasteiger partial charge < -0.3 is 20.1 Å². The van der Waals surface area contributed by atoms with Gasteiger partial charge in [-0.3, -0.25) is 18.6 Å². The van der Waals surface area contributed by atoms with Crippen LogP contribution in [-0.2, 0) is 32.7 Å². The van der Waals surface area contributed by atoms with Gasteiger partial charge in [0.1, 0.15) is 6.61 Å². The van der Waals surface area contributed by atoms with Gasteiger partial charge in [0.2, 0.25) is 0 Å². The normalized spacial score (nSPS) is 12.8. The van der Waals surface area contributed by atoms with Crippen molar-refractivity contribution in [3.8, 4) is 0 Å². The standard InChI is InChI=1S/C68H136NO8P/c1-3-5-7-9-11-13-15-17-19-21-23-25-27-29-30-31-32-33-34-35-37-39-41-43-45-47-49-51-53-55-57-59-61-68(71)77-66(65-76-78(72,73)75-63-62-69)64-74-67(70)60-58-56-54-52-50-48-46-44-42-40-38-36-28-26-24-22-20-18-16-14-12-10-8-6-4-2/h66H,3-65,69H2,1-2H3,(H,72,73). The monoisotopic (exact) mass is 1130 g/mol. The highest BCUT2D eigenvalue weighted by Crippen LogP contribution is 2.43. The summed E-state index contributed by atoms with van der Waals surface area (Å²) in [5, 5.41) is 0. The zero-order chi connectivity index (χ0) is 56.6. The molecule has 0 heterocycles. The Morgan fingerprint density at radius 2 is 0.551 bits per heavy atom. The fraction of sp³-hybridized carbons (Fsp3) is 0.971. The minimum atomic E-state index is -4.39. The first-order chi connectivity index (χ1) is 38.3. The third kappa shape index (κ3) is 64.2. The van der Waals surface area contributed by atoms with Crippen LogP contribution in [0.4, 0.5) is 0 Å². The Labute approximate surface area is 486 Å². The second-order valence-electron chi connectivity index (χ2n) is 24.1. The van der Waals surface area contributed by atoms with Gasteiger partial charge in [0.15, 0.2) is 6.10 Å². The Morgan fingerprint density at radius 3 is 0.782 bits per heavy atom. The van der Waals surface area contributed by atoms with Gasteiger partial charge in [0.05, 0.1) is 13.2 Å². The lowest BCUT2D eigenvalue weighted by Gasteiger charge is -2.19. The molecule has 0 aromatic heterocycles. The molecule has 0 bridgehead atoms. The summed E-state index contributed by atoms with van der Waals surface area (Å²) in [6.45, 7) is 3.85. The molecule has 0 radical (unpaired) electrons. The van der Waals surface area contributed by atoms with Gasteiger partial charge in [0.25, 0.3) is 0 Å². The zero-order valence-corrected chi connectivity index (χ0v) is 53.3. The number of phosphoric acid groups is 1. The highest BCUT2D eigenvalue weighted by molar-refractivity contribution is 7.47. The molecule has 466 valence electrons. The Bertz CT molecular complexity index is 1240. The van der Waals surface area contributed by atoms with Crippen LogP contribution in [0.5, 0.6) is 0 Å². The van der Waals surface area contributed by atoms with Crippen molar-refractivity contribution >= 4 is 19.8 Å². The fourth-order valence-electron chi connectivity index (χ4n) is 11.1. The van der Waals surface area contributed by atoms with Crippen molar-refractivity contribution in [1.29, 1.82) is 0 Å². The molecular weight excluding hydrogens is 990 g/mol. The van der Waals surface area contributed by atoms with E-state index in [9.17, 15) is 19.0 Å². The van der Waals surface area contributed by atoms with Crippen molar-refractivity contribution in [2.45, 2.75) is 399 Å². The third-order valence-electron chi connectivity index (χ3n) is 16.2. The maximum absolute atomic E-state index is 12.8. The van der Waals surface area contributed by atoms with Crippen LogP contribution in [-0.4, -0.2) is 49.3 Å². The molecule has 78 heavy (non-hydrogen) atoms. The van der Waals surface area contributed by atoms with Crippen LogP contribution >= 0.6 is 7.82 Å². The number of hydrogen-bond acceptors (Lipinski definition) is 8. The van der Waals surface area contributed by atoms with E-state index in [1.807, 2.05) is 0 Å². The van der Waals surface area contributed by atoms with Crippen LogP contribution in [0.25, 0.3) is 0 Å². The van der Waals surface area contributed by atoms with E-state index < -0.39 is 26.5 Å². The van der Waals surface area contributed by atoms with Crippen molar-refractivity contribution in [2.24, 2.45) is 5.73 Å². The van der Waals surface area contributed by atoms with Gasteiger partial charge >= 0.3 is 19.8 Å². The maximum atomic E-state index is 12.8.